The number of halogens is 2. The van der Waals surface area contributed by atoms with Crippen LogP contribution in [-0.4, -0.2) is 26.5 Å². The maximum atomic E-state index is 13.8. The first-order valence-corrected chi connectivity index (χ1v) is 8.21. The van der Waals surface area contributed by atoms with Gasteiger partial charge >= 0.3 is 0 Å². The zero-order valence-corrected chi connectivity index (χ0v) is 15.4. The van der Waals surface area contributed by atoms with Crippen LogP contribution < -0.4 is 14.8 Å². The Bertz CT molecular complexity index is 749. The highest BCUT2D eigenvalue weighted by Gasteiger charge is 2.13. The van der Waals surface area contributed by atoms with Gasteiger partial charge in [0.2, 0.25) is 0 Å². The number of rotatable bonds is 7. The van der Waals surface area contributed by atoms with Crippen molar-refractivity contribution >= 4 is 27.4 Å². The van der Waals surface area contributed by atoms with Crippen LogP contribution in [0.25, 0.3) is 0 Å². The molecule has 0 amide bonds. The molecule has 0 unspecified atom stereocenters. The maximum Gasteiger partial charge on any atom is 0.164 e. The molecular formula is C18H19BrFNO3. The van der Waals surface area contributed by atoms with Crippen molar-refractivity contribution in [1.82, 2.24) is 0 Å². The van der Waals surface area contributed by atoms with Crippen LogP contribution in [0, 0.1) is 5.82 Å². The Kier molecular flexibility index (Phi) is 6.20. The number of carbonyl (C=O) groups is 1. The summed E-state index contributed by atoms with van der Waals surface area (Å²) in [5.41, 5.74) is 1.60. The summed E-state index contributed by atoms with van der Waals surface area (Å²) in [7, 11) is 3.17. The highest BCUT2D eigenvalue weighted by atomic mass is 79.9. The number of ether oxygens (including phenoxy) is 2. The molecule has 6 heteroatoms. The molecule has 0 aromatic heterocycles. The average molecular weight is 396 g/mol. The van der Waals surface area contributed by atoms with Crippen LogP contribution >= 0.6 is 15.9 Å². The zero-order valence-electron chi connectivity index (χ0n) is 13.8. The Balaban J connectivity index is 2.13. The van der Waals surface area contributed by atoms with Crippen molar-refractivity contribution < 1.29 is 18.7 Å². The smallest absolute Gasteiger partial charge is 0.164 e. The van der Waals surface area contributed by atoms with E-state index in [0.29, 0.717) is 30.2 Å². The molecule has 0 aliphatic carbocycles. The molecule has 0 saturated heterocycles. The van der Waals surface area contributed by atoms with Gasteiger partial charge in [-0.05, 0) is 43.2 Å². The highest BCUT2D eigenvalue weighted by Crippen LogP contribution is 2.33. The molecule has 0 atom stereocenters. The minimum atomic E-state index is -0.514. The first kappa shape index (κ1) is 18.3. The number of ketones is 1. The van der Waals surface area contributed by atoms with E-state index in [9.17, 15) is 9.18 Å². The van der Waals surface area contributed by atoms with Crippen molar-refractivity contribution in [2.45, 2.75) is 13.3 Å². The first-order chi connectivity index (χ1) is 11.5. The van der Waals surface area contributed by atoms with Gasteiger partial charge in [-0.15, -0.1) is 0 Å². The van der Waals surface area contributed by atoms with Crippen molar-refractivity contribution in [3.8, 4) is 11.5 Å². The third-order valence-electron chi connectivity index (χ3n) is 3.63. The van der Waals surface area contributed by atoms with E-state index in [0.717, 1.165) is 10.0 Å². The second-order valence-corrected chi connectivity index (χ2v) is 6.05. The van der Waals surface area contributed by atoms with Gasteiger partial charge in [-0.2, -0.15) is 0 Å². The number of benzene rings is 2. The molecule has 0 spiro atoms. The third kappa shape index (κ3) is 4.06. The van der Waals surface area contributed by atoms with Crippen molar-refractivity contribution in [3.05, 3.63) is 51.7 Å². The van der Waals surface area contributed by atoms with Crippen LogP contribution in [0.15, 0.2) is 34.8 Å². The summed E-state index contributed by atoms with van der Waals surface area (Å²) in [4.78, 5) is 11.6. The summed E-state index contributed by atoms with van der Waals surface area (Å²) in [6.07, 6.45) is 0.662. The average Bonchev–Trinajstić information content (AvgIpc) is 2.55. The lowest BCUT2D eigenvalue weighted by atomic mass is 10.1. The Morgan fingerprint density at radius 2 is 1.88 bits per heavy atom. The fourth-order valence-corrected chi connectivity index (χ4v) is 2.97. The minimum Gasteiger partial charge on any atom is -0.493 e. The quantitative estimate of drug-likeness (QED) is 0.702. The molecule has 0 saturated carbocycles. The minimum absolute atomic E-state index is 0.0869. The van der Waals surface area contributed by atoms with Crippen molar-refractivity contribution in [2.75, 3.05) is 26.1 Å². The van der Waals surface area contributed by atoms with Gasteiger partial charge in [-0.25, -0.2) is 4.39 Å². The standard InChI is InChI=1S/C18H19BrFNO3/c1-11(22)18-14(20)5-4-6-15(18)21-8-7-12-9-16(23-2)17(24-3)10-13(12)19/h4-6,9-10,21H,7-8H2,1-3H3. The van der Waals surface area contributed by atoms with Gasteiger partial charge < -0.3 is 14.8 Å². The van der Waals surface area contributed by atoms with E-state index in [4.69, 9.17) is 9.47 Å². The fraction of sp³-hybridized carbons (Fsp3) is 0.278. The van der Waals surface area contributed by atoms with Crippen LogP contribution in [0.5, 0.6) is 11.5 Å². The second-order valence-electron chi connectivity index (χ2n) is 5.19. The van der Waals surface area contributed by atoms with Gasteiger partial charge in [0.15, 0.2) is 17.3 Å². The monoisotopic (exact) mass is 395 g/mol. The molecule has 24 heavy (non-hydrogen) atoms. The molecule has 2 aromatic carbocycles. The Morgan fingerprint density at radius 1 is 1.21 bits per heavy atom. The molecule has 2 aromatic rings. The SMILES string of the molecule is COc1cc(Br)c(CCNc2cccc(F)c2C(C)=O)cc1OC. The van der Waals surface area contributed by atoms with Crippen LogP contribution in [0.1, 0.15) is 22.8 Å². The maximum absolute atomic E-state index is 13.8. The molecule has 0 bridgehead atoms. The molecule has 2 rings (SSSR count). The number of hydrogen-bond acceptors (Lipinski definition) is 4. The van der Waals surface area contributed by atoms with E-state index < -0.39 is 5.82 Å². The van der Waals surface area contributed by atoms with Gasteiger partial charge in [0, 0.05) is 16.7 Å². The molecule has 128 valence electrons. The van der Waals surface area contributed by atoms with Crippen molar-refractivity contribution in [1.29, 1.82) is 0 Å². The number of anilines is 1. The lowest BCUT2D eigenvalue weighted by Crippen LogP contribution is -2.10. The Hall–Kier alpha value is -2.08. The first-order valence-electron chi connectivity index (χ1n) is 7.41. The lowest BCUT2D eigenvalue weighted by Gasteiger charge is -2.14. The summed E-state index contributed by atoms with van der Waals surface area (Å²) in [6.45, 7) is 1.90. The van der Waals surface area contributed by atoms with Crippen molar-refractivity contribution in [2.24, 2.45) is 0 Å². The van der Waals surface area contributed by atoms with E-state index in [1.165, 1.54) is 13.0 Å². The predicted molar refractivity (Wildman–Crippen MR) is 95.8 cm³/mol. The van der Waals surface area contributed by atoms with Gasteiger partial charge in [0.05, 0.1) is 19.8 Å². The summed E-state index contributed by atoms with van der Waals surface area (Å²) >= 11 is 3.51. The molecule has 0 aliphatic rings. The van der Waals surface area contributed by atoms with Crippen molar-refractivity contribution in [3.63, 3.8) is 0 Å². The second kappa shape index (κ2) is 8.15. The zero-order chi connectivity index (χ0) is 17.7. The van der Waals surface area contributed by atoms with Gasteiger partial charge in [-0.3, -0.25) is 4.79 Å². The predicted octanol–water partition coefficient (Wildman–Crippen LogP) is 4.46. The summed E-state index contributed by atoms with van der Waals surface area (Å²) in [6, 6.07) is 8.30. The summed E-state index contributed by atoms with van der Waals surface area (Å²) in [5, 5.41) is 3.12. The Labute approximate surface area is 149 Å². The molecule has 0 heterocycles. The number of carbonyl (C=O) groups excluding carboxylic acids is 1. The molecule has 0 radical (unpaired) electrons. The van der Waals surface area contributed by atoms with Crippen LogP contribution in [0.3, 0.4) is 0 Å². The molecule has 0 fully saturated rings. The fourth-order valence-electron chi connectivity index (χ4n) is 2.45. The topological polar surface area (TPSA) is 47.6 Å². The van der Waals surface area contributed by atoms with Gasteiger partial charge in [0.1, 0.15) is 5.82 Å². The molecule has 0 aliphatic heterocycles. The number of hydrogen-bond donors (Lipinski definition) is 1. The summed E-state index contributed by atoms with van der Waals surface area (Å²) in [5.74, 6) is 0.471. The number of Topliss-reactive ketones (excluding diaryl/α,β-unsaturated/α-hetero) is 1. The van der Waals surface area contributed by atoms with E-state index in [1.807, 2.05) is 12.1 Å². The van der Waals surface area contributed by atoms with E-state index in [2.05, 4.69) is 21.2 Å². The van der Waals surface area contributed by atoms with E-state index in [-0.39, 0.29) is 11.3 Å². The van der Waals surface area contributed by atoms with E-state index in [1.54, 1.807) is 26.4 Å². The van der Waals surface area contributed by atoms with Gasteiger partial charge in [-0.1, -0.05) is 22.0 Å². The number of methoxy groups -OCH3 is 2. The van der Waals surface area contributed by atoms with E-state index >= 15 is 0 Å². The molecule has 1 N–H and O–H groups in total. The summed E-state index contributed by atoms with van der Waals surface area (Å²) < 4.78 is 25.2. The molecule has 4 nitrogen and oxygen atoms in total. The van der Waals surface area contributed by atoms with Crippen LogP contribution in [0.2, 0.25) is 0 Å². The largest absolute Gasteiger partial charge is 0.493 e. The third-order valence-corrected chi connectivity index (χ3v) is 4.37. The highest BCUT2D eigenvalue weighted by molar-refractivity contribution is 9.10. The Morgan fingerprint density at radius 3 is 2.50 bits per heavy atom. The van der Waals surface area contributed by atoms with Gasteiger partial charge in [0.25, 0.3) is 0 Å². The van der Waals surface area contributed by atoms with Crippen LogP contribution in [0.4, 0.5) is 10.1 Å². The van der Waals surface area contributed by atoms with Crippen LogP contribution in [-0.2, 0) is 6.42 Å². The molecular weight excluding hydrogens is 377 g/mol. The number of nitrogens with one attached hydrogen (secondary N) is 1. The lowest BCUT2D eigenvalue weighted by molar-refractivity contribution is 0.101. The normalized spacial score (nSPS) is 10.4.